The molecule has 0 aliphatic carbocycles. The van der Waals surface area contributed by atoms with Crippen LogP contribution in [0.25, 0.3) is 16.9 Å². The van der Waals surface area contributed by atoms with Crippen molar-refractivity contribution < 1.29 is 9.52 Å². The van der Waals surface area contributed by atoms with E-state index in [-0.39, 0.29) is 6.61 Å². The van der Waals surface area contributed by atoms with Gasteiger partial charge in [-0.1, -0.05) is 60.7 Å². The molecule has 1 heterocycles. The molecule has 2 aromatic carbocycles. The van der Waals surface area contributed by atoms with Gasteiger partial charge in [0.1, 0.15) is 5.76 Å². The van der Waals surface area contributed by atoms with Crippen LogP contribution in [0.4, 0.5) is 0 Å². The van der Waals surface area contributed by atoms with Gasteiger partial charge in [-0.05, 0) is 28.8 Å². The molecule has 0 bridgehead atoms. The van der Waals surface area contributed by atoms with E-state index in [0.29, 0.717) is 0 Å². The van der Waals surface area contributed by atoms with Gasteiger partial charge >= 0.3 is 0 Å². The van der Waals surface area contributed by atoms with Crippen LogP contribution in [0.5, 0.6) is 0 Å². The summed E-state index contributed by atoms with van der Waals surface area (Å²) >= 11 is 0. The Hall–Kier alpha value is -2.58. The Kier molecular flexibility index (Phi) is 3.99. The first-order valence-electron chi connectivity index (χ1n) is 6.89. The van der Waals surface area contributed by atoms with Crippen LogP contribution in [0.3, 0.4) is 0 Å². The van der Waals surface area contributed by atoms with Gasteiger partial charge in [0.25, 0.3) is 0 Å². The lowest BCUT2D eigenvalue weighted by molar-refractivity contribution is 0.343. The lowest BCUT2D eigenvalue weighted by Crippen LogP contribution is -1.90. The summed E-state index contributed by atoms with van der Waals surface area (Å²) in [4.78, 5) is 0. The van der Waals surface area contributed by atoms with Gasteiger partial charge in [-0.3, -0.25) is 0 Å². The van der Waals surface area contributed by atoms with E-state index in [0.717, 1.165) is 28.0 Å². The van der Waals surface area contributed by atoms with Crippen molar-refractivity contribution in [2.45, 2.75) is 0 Å². The first-order chi connectivity index (χ1) is 10.4. The minimum absolute atomic E-state index is 0.0180. The maximum absolute atomic E-state index is 9.27. The molecule has 0 atom stereocenters. The van der Waals surface area contributed by atoms with Crippen LogP contribution in [0.1, 0.15) is 11.1 Å². The Morgan fingerprint density at radius 2 is 1.57 bits per heavy atom. The molecule has 21 heavy (non-hydrogen) atoms. The van der Waals surface area contributed by atoms with E-state index in [1.165, 1.54) is 0 Å². The molecule has 0 unspecified atom stereocenters. The molecule has 1 aromatic heterocycles. The van der Waals surface area contributed by atoms with Gasteiger partial charge in [-0.2, -0.15) is 0 Å². The Bertz CT molecular complexity index is 708. The van der Waals surface area contributed by atoms with Gasteiger partial charge in [0, 0.05) is 5.56 Å². The topological polar surface area (TPSA) is 33.4 Å². The second-order valence-corrected chi connectivity index (χ2v) is 4.72. The third kappa shape index (κ3) is 2.96. The molecule has 0 saturated heterocycles. The third-order valence-electron chi connectivity index (χ3n) is 3.38. The van der Waals surface area contributed by atoms with Crippen molar-refractivity contribution in [3.63, 3.8) is 0 Å². The molecular formula is C19H16O2. The fourth-order valence-electron chi connectivity index (χ4n) is 2.37. The lowest BCUT2D eigenvalue weighted by atomic mass is 9.96. The van der Waals surface area contributed by atoms with Crippen molar-refractivity contribution in [3.8, 4) is 11.3 Å². The van der Waals surface area contributed by atoms with Crippen LogP contribution in [-0.4, -0.2) is 11.7 Å². The van der Waals surface area contributed by atoms with Crippen LogP contribution in [0.15, 0.2) is 83.5 Å². The van der Waals surface area contributed by atoms with Crippen molar-refractivity contribution in [3.05, 3.63) is 90.2 Å². The number of furan rings is 1. The highest BCUT2D eigenvalue weighted by molar-refractivity contribution is 5.80. The van der Waals surface area contributed by atoms with E-state index in [9.17, 15) is 5.11 Å². The van der Waals surface area contributed by atoms with Crippen molar-refractivity contribution in [2.24, 2.45) is 0 Å². The molecule has 3 rings (SSSR count). The summed E-state index contributed by atoms with van der Waals surface area (Å²) in [5.41, 5.74) is 4.24. The zero-order chi connectivity index (χ0) is 14.5. The van der Waals surface area contributed by atoms with Crippen molar-refractivity contribution in [1.29, 1.82) is 0 Å². The van der Waals surface area contributed by atoms with Gasteiger partial charge in [0.05, 0.1) is 12.9 Å². The molecule has 0 aliphatic rings. The van der Waals surface area contributed by atoms with Crippen LogP contribution >= 0.6 is 0 Å². The van der Waals surface area contributed by atoms with Crippen molar-refractivity contribution in [2.75, 3.05) is 6.61 Å². The van der Waals surface area contributed by atoms with Crippen molar-refractivity contribution in [1.82, 2.24) is 0 Å². The monoisotopic (exact) mass is 276 g/mol. The minimum Gasteiger partial charge on any atom is -0.464 e. The van der Waals surface area contributed by atoms with E-state index < -0.39 is 0 Å². The second kappa shape index (κ2) is 6.25. The van der Waals surface area contributed by atoms with Gasteiger partial charge in [0.2, 0.25) is 0 Å². The zero-order valence-electron chi connectivity index (χ0n) is 11.6. The highest BCUT2D eigenvalue weighted by atomic mass is 16.3. The van der Waals surface area contributed by atoms with E-state index in [1.807, 2.05) is 72.8 Å². The summed E-state index contributed by atoms with van der Waals surface area (Å²) in [7, 11) is 0. The fourth-order valence-corrected chi connectivity index (χ4v) is 2.37. The molecule has 0 fully saturated rings. The number of benzene rings is 2. The number of aliphatic hydroxyl groups is 1. The van der Waals surface area contributed by atoms with E-state index in [4.69, 9.17) is 4.42 Å². The lowest BCUT2D eigenvalue weighted by Gasteiger charge is -2.09. The molecule has 3 aromatic rings. The van der Waals surface area contributed by atoms with Gasteiger partial charge in [-0.15, -0.1) is 0 Å². The van der Waals surface area contributed by atoms with Gasteiger partial charge < -0.3 is 9.52 Å². The number of hydrogen-bond donors (Lipinski definition) is 1. The summed E-state index contributed by atoms with van der Waals surface area (Å²) in [6.07, 6.45) is 3.50. The summed E-state index contributed by atoms with van der Waals surface area (Å²) in [6, 6.07) is 22.0. The second-order valence-electron chi connectivity index (χ2n) is 4.72. The Morgan fingerprint density at radius 1 is 0.857 bits per heavy atom. The summed E-state index contributed by atoms with van der Waals surface area (Å²) in [5, 5.41) is 9.27. The average Bonchev–Trinajstić information content (AvgIpc) is 3.08. The van der Waals surface area contributed by atoms with Gasteiger partial charge in [-0.25, -0.2) is 0 Å². The van der Waals surface area contributed by atoms with Gasteiger partial charge in [0.15, 0.2) is 0 Å². The Labute approximate surface area is 124 Å². The zero-order valence-corrected chi connectivity index (χ0v) is 11.6. The fraction of sp³-hybridized carbons (Fsp3) is 0.0526. The minimum atomic E-state index is 0.0180. The summed E-state index contributed by atoms with van der Waals surface area (Å²) in [6.45, 7) is 0.0180. The number of aliphatic hydroxyl groups excluding tert-OH is 1. The van der Waals surface area contributed by atoms with Crippen LogP contribution in [0.2, 0.25) is 0 Å². The smallest absolute Gasteiger partial charge is 0.133 e. The maximum Gasteiger partial charge on any atom is 0.133 e. The largest absolute Gasteiger partial charge is 0.464 e. The Balaban J connectivity index is 1.96. The van der Waals surface area contributed by atoms with Crippen molar-refractivity contribution >= 4 is 5.57 Å². The Morgan fingerprint density at radius 3 is 2.19 bits per heavy atom. The van der Waals surface area contributed by atoms with E-state index >= 15 is 0 Å². The first-order valence-corrected chi connectivity index (χ1v) is 6.89. The normalized spacial score (nSPS) is 11.6. The van der Waals surface area contributed by atoms with E-state index in [1.54, 1.807) is 6.26 Å². The SMILES string of the molecule is OC/C=C(\c1ccccc1)c1ccc(-c2ccco2)cc1. The van der Waals surface area contributed by atoms with E-state index in [2.05, 4.69) is 0 Å². The average molecular weight is 276 g/mol. The molecule has 2 heteroatoms. The predicted octanol–water partition coefficient (Wildman–Crippen LogP) is 4.37. The molecule has 2 nitrogen and oxygen atoms in total. The molecule has 0 radical (unpaired) electrons. The molecule has 0 spiro atoms. The molecule has 0 aliphatic heterocycles. The molecule has 104 valence electrons. The molecular weight excluding hydrogens is 260 g/mol. The quantitative estimate of drug-likeness (QED) is 0.767. The maximum atomic E-state index is 9.27. The molecule has 1 N–H and O–H groups in total. The molecule has 0 amide bonds. The van der Waals surface area contributed by atoms with Crippen LogP contribution in [-0.2, 0) is 0 Å². The highest BCUT2D eigenvalue weighted by Gasteiger charge is 2.06. The predicted molar refractivity (Wildman–Crippen MR) is 84.8 cm³/mol. The highest BCUT2D eigenvalue weighted by Crippen LogP contribution is 2.26. The number of rotatable bonds is 4. The van der Waals surface area contributed by atoms with Crippen LogP contribution in [0, 0.1) is 0 Å². The number of hydrogen-bond acceptors (Lipinski definition) is 2. The standard InChI is InChI=1S/C19H16O2/c20-13-12-18(15-5-2-1-3-6-15)16-8-10-17(11-9-16)19-7-4-14-21-19/h1-12,14,20H,13H2/b18-12+. The molecule has 0 saturated carbocycles. The first kappa shape index (κ1) is 13.4. The van der Waals surface area contributed by atoms with Crippen LogP contribution < -0.4 is 0 Å². The summed E-state index contributed by atoms with van der Waals surface area (Å²) in [5.74, 6) is 0.856. The summed E-state index contributed by atoms with van der Waals surface area (Å²) < 4.78 is 5.40. The third-order valence-corrected chi connectivity index (χ3v) is 3.38.